The molecule has 2 N–H and O–H groups in total. The van der Waals surface area contributed by atoms with E-state index in [2.05, 4.69) is 34.3 Å². The second kappa shape index (κ2) is 8.95. The first-order valence-electron chi connectivity index (χ1n) is 8.28. The Morgan fingerprint density at radius 2 is 2.14 bits per heavy atom. The highest BCUT2D eigenvalue weighted by Gasteiger charge is 2.19. The van der Waals surface area contributed by atoms with Gasteiger partial charge < -0.3 is 10.6 Å². The molecule has 118 valence electrons. The van der Waals surface area contributed by atoms with E-state index in [0.717, 1.165) is 24.6 Å². The Bertz CT molecular complexity index is 418. The fourth-order valence-corrected chi connectivity index (χ4v) is 2.90. The molecule has 1 aliphatic rings. The molecule has 2 heterocycles. The third-order valence-electron chi connectivity index (χ3n) is 4.20. The Kier molecular flexibility index (Phi) is 6.89. The van der Waals surface area contributed by atoms with Crippen molar-refractivity contribution in [3.8, 4) is 0 Å². The summed E-state index contributed by atoms with van der Waals surface area (Å²) in [4.78, 5) is 2.60. The standard InChI is InChI=1S/C16H29N5/c1-2-3-4-5-6-9-20-10-7-15(8-11-20)13-21-14-16(12-17)18-19-21/h3-4,14-15H,2,5-13,17H2,1H3/b4-3-. The average molecular weight is 291 g/mol. The molecule has 0 radical (unpaired) electrons. The first-order valence-corrected chi connectivity index (χ1v) is 8.28. The number of hydrogen-bond acceptors (Lipinski definition) is 4. The minimum absolute atomic E-state index is 0.477. The van der Waals surface area contributed by atoms with Crippen LogP contribution in [-0.2, 0) is 13.1 Å². The largest absolute Gasteiger partial charge is 0.325 e. The highest BCUT2D eigenvalue weighted by atomic mass is 15.4. The lowest BCUT2D eigenvalue weighted by Crippen LogP contribution is -2.35. The molecule has 0 spiro atoms. The van der Waals surface area contributed by atoms with Crippen LogP contribution >= 0.6 is 0 Å². The van der Waals surface area contributed by atoms with E-state index >= 15 is 0 Å². The molecular formula is C16H29N5. The maximum atomic E-state index is 5.56. The van der Waals surface area contributed by atoms with Gasteiger partial charge in [-0.1, -0.05) is 24.3 Å². The lowest BCUT2D eigenvalue weighted by molar-refractivity contribution is 0.169. The number of rotatable bonds is 8. The summed E-state index contributed by atoms with van der Waals surface area (Å²) in [6, 6.07) is 0. The van der Waals surface area contributed by atoms with Crippen LogP contribution < -0.4 is 5.73 Å². The number of likely N-dealkylation sites (tertiary alicyclic amines) is 1. The topological polar surface area (TPSA) is 60.0 Å². The van der Waals surface area contributed by atoms with E-state index in [0.29, 0.717) is 6.54 Å². The minimum atomic E-state index is 0.477. The Morgan fingerprint density at radius 3 is 2.81 bits per heavy atom. The molecule has 1 aliphatic heterocycles. The molecule has 0 unspecified atom stereocenters. The normalized spacial score (nSPS) is 17.8. The summed E-state index contributed by atoms with van der Waals surface area (Å²) >= 11 is 0. The third kappa shape index (κ3) is 5.59. The van der Waals surface area contributed by atoms with Gasteiger partial charge in [0.2, 0.25) is 0 Å². The van der Waals surface area contributed by atoms with E-state index in [-0.39, 0.29) is 0 Å². The molecule has 0 bridgehead atoms. The van der Waals surface area contributed by atoms with E-state index in [1.54, 1.807) is 0 Å². The minimum Gasteiger partial charge on any atom is -0.325 e. The number of unbranched alkanes of at least 4 members (excludes halogenated alkanes) is 1. The summed E-state index contributed by atoms with van der Waals surface area (Å²) in [5, 5.41) is 8.19. The fraction of sp³-hybridized carbons (Fsp3) is 0.750. The van der Waals surface area contributed by atoms with Crippen LogP contribution in [0.25, 0.3) is 0 Å². The molecule has 0 amide bonds. The molecule has 2 rings (SSSR count). The van der Waals surface area contributed by atoms with Gasteiger partial charge in [0.15, 0.2) is 0 Å². The second-order valence-electron chi connectivity index (χ2n) is 5.94. The van der Waals surface area contributed by atoms with Crippen molar-refractivity contribution in [1.29, 1.82) is 0 Å². The first kappa shape index (κ1) is 16.2. The van der Waals surface area contributed by atoms with Crippen LogP contribution in [0.2, 0.25) is 0 Å². The number of aromatic nitrogens is 3. The van der Waals surface area contributed by atoms with Crippen LogP contribution in [0.1, 0.15) is 44.7 Å². The predicted octanol–water partition coefficient (Wildman–Crippen LogP) is 2.20. The van der Waals surface area contributed by atoms with Gasteiger partial charge in [-0.15, -0.1) is 5.10 Å². The highest BCUT2D eigenvalue weighted by Crippen LogP contribution is 2.19. The van der Waals surface area contributed by atoms with Crippen molar-refractivity contribution in [1.82, 2.24) is 19.9 Å². The van der Waals surface area contributed by atoms with Crippen LogP contribution in [0.5, 0.6) is 0 Å². The highest BCUT2D eigenvalue weighted by molar-refractivity contribution is 4.90. The Balaban J connectivity index is 1.62. The summed E-state index contributed by atoms with van der Waals surface area (Å²) in [5.74, 6) is 0.730. The Hall–Kier alpha value is -1.20. The molecule has 1 aromatic heterocycles. The summed E-state index contributed by atoms with van der Waals surface area (Å²) < 4.78 is 1.96. The third-order valence-corrected chi connectivity index (χ3v) is 4.20. The van der Waals surface area contributed by atoms with Gasteiger partial charge in [-0.3, -0.25) is 4.68 Å². The summed E-state index contributed by atoms with van der Waals surface area (Å²) in [6.07, 6.45) is 12.7. The Labute approximate surface area is 128 Å². The van der Waals surface area contributed by atoms with Crippen LogP contribution in [0, 0.1) is 5.92 Å². The maximum absolute atomic E-state index is 5.56. The van der Waals surface area contributed by atoms with Gasteiger partial charge in [-0.2, -0.15) is 0 Å². The van der Waals surface area contributed by atoms with Gasteiger partial charge in [0.1, 0.15) is 0 Å². The van der Waals surface area contributed by atoms with Crippen LogP contribution in [0.4, 0.5) is 0 Å². The average Bonchev–Trinajstić information content (AvgIpc) is 2.96. The molecule has 0 saturated carbocycles. The van der Waals surface area contributed by atoms with Crippen molar-refractivity contribution < 1.29 is 0 Å². The van der Waals surface area contributed by atoms with Gasteiger partial charge >= 0.3 is 0 Å². The molecule has 21 heavy (non-hydrogen) atoms. The molecule has 5 heteroatoms. The lowest BCUT2D eigenvalue weighted by atomic mass is 9.96. The van der Waals surface area contributed by atoms with Crippen molar-refractivity contribution in [3.05, 3.63) is 24.0 Å². The van der Waals surface area contributed by atoms with Crippen LogP contribution in [-0.4, -0.2) is 39.5 Å². The van der Waals surface area contributed by atoms with Crippen LogP contribution in [0.15, 0.2) is 18.3 Å². The first-order chi connectivity index (χ1) is 10.3. The van der Waals surface area contributed by atoms with E-state index in [4.69, 9.17) is 5.73 Å². The zero-order valence-electron chi connectivity index (χ0n) is 13.2. The van der Waals surface area contributed by atoms with Crippen molar-refractivity contribution >= 4 is 0 Å². The number of nitrogens with two attached hydrogens (primary N) is 1. The van der Waals surface area contributed by atoms with Gasteiger partial charge in [-0.25, -0.2) is 0 Å². The zero-order chi connectivity index (χ0) is 14.9. The zero-order valence-corrected chi connectivity index (χ0v) is 13.2. The second-order valence-corrected chi connectivity index (χ2v) is 5.94. The van der Waals surface area contributed by atoms with E-state index < -0.39 is 0 Å². The van der Waals surface area contributed by atoms with E-state index in [1.807, 2.05) is 10.9 Å². The molecule has 0 aliphatic carbocycles. The van der Waals surface area contributed by atoms with E-state index in [1.165, 1.54) is 45.3 Å². The van der Waals surface area contributed by atoms with Gasteiger partial charge in [0.05, 0.1) is 5.69 Å². The molecule has 0 aromatic carbocycles. The lowest BCUT2D eigenvalue weighted by Gasteiger charge is -2.31. The van der Waals surface area contributed by atoms with Gasteiger partial charge in [0, 0.05) is 19.3 Å². The summed E-state index contributed by atoms with van der Waals surface area (Å²) in [5.41, 5.74) is 6.45. The van der Waals surface area contributed by atoms with Crippen molar-refractivity contribution in [2.45, 2.75) is 52.1 Å². The van der Waals surface area contributed by atoms with Crippen molar-refractivity contribution in [2.75, 3.05) is 19.6 Å². The monoisotopic (exact) mass is 291 g/mol. The molecular weight excluding hydrogens is 262 g/mol. The molecule has 1 aromatic rings. The number of nitrogens with zero attached hydrogens (tertiary/aromatic N) is 4. The van der Waals surface area contributed by atoms with Crippen molar-refractivity contribution in [2.24, 2.45) is 11.7 Å². The van der Waals surface area contributed by atoms with E-state index in [9.17, 15) is 0 Å². The van der Waals surface area contributed by atoms with Crippen molar-refractivity contribution in [3.63, 3.8) is 0 Å². The van der Waals surface area contributed by atoms with Gasteiger partial charge in [0.25, 0.3) is 0 Å². The molecule has 1 saturated heterocycles. The number of piperidine rings is 1. The predicted molar refractivity (Wildman–Crippen MR) is 85.7 cm³/mol. The smallest absolute Gasteiger partial charge is 0.0962 e. The quantitative estimate of drug-likeness (QED) is 0.589. The molecule has 1 fully saturated rings. The molecule has 5 nitrogen and oxygen atoms in total. The number of allylic oxidation sites excluding steroid dienone is 2. The SMILES string of the molecule is CC/C=C\CCCN1CCC(Cn2cc(CN)nn2)CC1. The fourth-order valence-electron chi connectivity index (χ4n) is 2.90. The summed E-state index contributed by atoms with van der Waals surface area (Å²) in [6.45, 7) is 7.33. The molecule has 0 atom stereocenters. The number of hydrogen-bond donors (Lipinski definition) is 1. The van der Waals surface area contributed by atoms with Crippen LogP contribution in [0.3, 0.4) is 0 Å². The maximum Gasteiger partial charge on any atom is 0.0962 e. The Morgan fingerprint density at radius 1 is 1.33 bits per heavy atom. The summed E-state index contributed by atoms with van der Waals surface area (Å²) in [7, 11) is 0. The van der Waals surface area contributed by atoms with Gasteiger partial charge in [-0.05, 0) is 57.7 Å².